The van der Waals surface area contributed by atoms with Gasteiger partial charge in [-0.3, -0.25) is 9.78 Å². The summed E-state index contributed by atoms with van der Waals surface area (Å²) in [7, 11) is 0. The van der Waals surface area contributed by atoms with E-state index < -0.39 is 12.1 Å². The SMILES string of the molecule is O=C(Cc1ccccn1)N1C[C@@H]2COC[C@]2(COCC2CC2)C1.O=C(O)C(F)(F)F. The molecule has 2 aliphatic heterocycles. The predicted molar refractivity (Wildman–Crippen MR) is 98.5 cm³/mol. The van der Waals surface area contributed by atoms with Crippen molar-refractivity contribution in [3.05, 3.63) is 30.1 Å². The van der Waals surface area contributed by atoms with Crippen molar-refractivity contribution in [2.24, 2.45) is 17.3 Å². The first-order chi connectivity index (χ1) is 14.2. The Bertz CT molecular complexity index is 742. The number of carbonyl (C=O) groups is 2. The van der Waals surface area contributed by atoms with E-state index in [4.69, 9.17) is 19.4 Å². The molecular formula is C20H25F3N2O5. The van der Waals surface area contributed by atoms with Crippen LogP contribution in [0.2, 0.25) is 0 Å². The average molecular weight is 430 g/mol. The number of rotatable bonds is 6. The number of hydrogen-bond donors (Lipinski definition) is 1. The van der Waals surface area contributed by atoms with Crippen molar-refractivity contribution in [1.82, 2.24) is 9.88 Å². The van der Waals surface area contributed by atoms with Crippen LogP contribution in [0.3, 0.4) is 0 Å². The van der Waals surface area contributed by atoms with Gasteiger partial charge in [-0.15, -0.1) is 0 Å². The number of ether oxygens (including phenoxy) is 2. The van der Waals surface area contributed by atoms with E-state index in [0.717, 1.165) is 51.1 Å². The maximum absolute atomic E-state index is 12.6. The summed E-state index contributed by atoms with van der Waals surface area (Å²) < 4.78 is 43.4. The Morgan fingerprint density at radius 1 is 1.33 bits per heavy atom. The van der Waals surface area contributed by atoms with Gasteiger partial charge in [0.1, 0.15) is 0 Å². The van der Waals surface area contributed by atoms with Crippen molar-refractivity contribution >= 4 is 11.9 Å². The molecule has 7 nitrogen and oxygen atoms in total. The molecule has 4 rings (SSSR count). The zero-order valence-corrected chi connectivity index (χ0v) is 16.4. The van der Waals surface area contributed by atoms with Gasteiger partial charge < -0.3 is 19.5 Å². The van der Waals surface area contributed by atoms with Crippen LogP contribution in [-0.2, 0) is 25.5 Å². The van der Waals surface area contributed by atoms with Crippen LogP contribution in [0.25, 0.3) is 0 Å². The number of alkyl halides is 3. The third-order valence-corrected chi connectivity index (χ3v) is 5.61. The number of carbonyl (C=O) groups excluding carboxylic acids is 1. The fourth-order valence-electron chi connectivity index (χ4n) is 3.71. The number of nitrogens with zero attached hydrogens (tertiary/aromatic N) is 2. The van der Waals surface area contributed by atoms with Crippen LogP contribution in [-0.4, -0.2) is 72.6 Å². The lowest BCUT2D eigenvalue weighted by Gasteiger charge is -2.27. The molecule has 3 heterocycles. The minimum Gasteiger partial charge on any atom is -0.475 e. The second kappa shape index (κ2) is 9.30. The largest absolute Gasteiger partial charge is 0.490 e. The van der Waals surface area contributed by atoms with Crippen LogP contribution in [0, 0.1) is 17.3 Å². The van der Waals surface area contributed by atoms with Crippen molar-refractivity contribution in [2.75, 3.05) is 39.5 Å². The molecule has 1 aliphatic carbocycles. The first kappa shape index (κ1) is 22.5. The zero-order valence-electron chi connectivity index (χ0n) is 16.4. The lowest BCUT2D eigenvalue weighted by Crippen LogP contribution is -2.38. The summed E-state index contributed by atoms with van der Waals surface area (Å²) >= 11 is 0. The van der Waals surface area contributed by atoms with E-state index in [1.54, 1.807) is 6.20 Å². The molecule has 3 fully saturated rings. The summed E-state index contributed by atoms with van der Waals surface area (Å²) in [5, 5.41) is 7.12. The number of likely N-dealkylation sites (tertiary alicyclic amines) is 1. The van der Waals surface area contributed by atoms with Gasteiger partial charge >= 0.3 is 12.1 Å². The predicted octanol–water partition coefficient (Wildman–Crippen LogP) is 2.16. The van der Waals surface area contributed by atoms with Crippen LogP contribution in [0.5, 0.6) is 0 Å². The number of hydrogen-bond acceptors (Lipinski definition) is 5. The first-order valence-electron chi connectivity index (χ1n) is 9.83. The Morgan fingerprint density at radius 2 is 2.07 bits per heavy atom. The highest BCUT2D eigenvalue weighted by molar-refractivity contribution is 5.78. The van der Waals surface area contributed by atoms with E-state index in [0.29, 0.717) is 12.3 Å². The lowest BCUT2D eigenvalue weighted by molar-refractivity contribution is -0.192. The molecule has 1 aromatic heterocycles. The third-order valence-electron chi connectivity index (χ3n) is 5.61. The van der Waals surface area contributed by atoms with Gasteiger partial charge in [-0.1, -0.05) is 6.07 Å². The van der Waals surface area contributed by atoms with Crippen molar-refractivity contribution < 1.29 is 37.3 Å². The van der Waals surface area contributed by atoms with E-state index in [1.165, 1.54) is 12.8 Å². The molecule has 0 unspecified atom stereocenters. The Labute approximate surface area is 172 Å². The van der Waals surface area contributed by atoms with E-state index >= 15 is 0 Å². The maximum atomic E-state index is 12.6. The van der Waals surface area contributed by atoms with E-state index in [-0.39, 0.29) is 11.3 Å². The van der Waals surface area contributed by atoms with Crippen LogP contribution in [0.4, 0.5) is 13.2 Å². The number of carboxylic acid groups (broad SMARTS) is 1. The van der Waals surface area contributed by atoms with Gasteiger partial charge in [0.2, 0.25) is 5.91 Å². The van der Waals surface area contributed by atoms with Gasteiger partial charge in [0.25, 0.3) is 0 Å². The van der Waals surface area contributed by atoms with Crippen LogP contribution >= 0.6 is 0 Å². The number of amides is 1. The molecule has 0 spiro atoms. The van der Waals surface area contributed by atoms with E-state index in [1.807, 2.05) is 23.1 Å². The van der Waals surface area contributed by atoms with Gasteiger partial charge in [0.15, 0.2) is 0 Å². The second-order valence-corrected chi connectivity index (χ2v) is 8.11. The molecule has 1 amide bonds. The molecule has 2 saturated heterocycles. The molecule has 1 aromatic rings. The van der Waals surface area contributed by atoms with Crippen molar-refractivity contribution in [1.29, 1.82) is 0 Å². The second-order valence-electron chi connectivity index (χ2n) is 8.11. The summed E-state index contributed by atoms with van der Waals surface area (Å²) in [4.78, 5) is 27.7. The smallest absolute Gasteiger partial charge is 0.475 e. The molecule has 1 saturated carbocycles. The van der Waals surface area contributed by atoms with Crippen molar-refractivity contribution in [3.8, 4) is 0 Å². The Morgan fingerprint density at radius 3 is 2.67 bits per heavy atom. The number of aromatic nitrogens is 1. The minimum atomic E-state index is -5.08. The highest BCUT2D eigenvalue weighted by Gasteiger charge is 2.52. The zero-order chi connectivity index (χ0) is 21.8. The Hall–Kier alpha value is -2.20. The molecule has 3 aliphatic rings. The molecule has 0 aromatic carbocycles. The van der Waals surface area contributed by atoms with E-state index in [9.17, 15) is 18.0 Å². The van der Waals surface area contributed by atoms with Crippen LogP contribution < -0.4 is 0 Å². The number of carboxylic acids is 1. The quantitative estimate of drug-likeness (QED) is 0.744. The molecule has 30 heavy (non-hydrogen) atoms. The average Bonchev–Trinajstić information content (AvgIpc) is 3.31. The summed E-state index contributed by atoms with van der Waals surface area (Å²) in [5.74, 6) is -1.41. The normalized spacial score (nSPS) is 25.4. The third kappa shape index (κ3) is 5.91. The molecule has 1 N–H and O–H groups in total. The molecule has 0 radical (unpaired) electrons. The molecule has 166 valence electrons. The number of halogens is 3. The van der Waals surface area contributed by atoms with E-state index in [2.05, 4.69) is 4.98 Å². The fourth-order valence-corrected chi connectivity index (χ4v) is 3.71. The molecular weight excluding hydrogens is 405 g/mol. The van der Waals surface area contributed by atoms with Crippen LogP contribution in [0.15, 0.2) is 24.4 Å². The lowest BCUT2D eigenvalue weighted by atomic mass is 9.82. The van der Waals surface area contributed by atoms with Crippen molar-refractivity contribution in [2.45, 2.75) is 25.4 Å². The first-order valence-corrected chi connectivity index (χ1v) is 9.83. The van der Waals surface area contributed by atoms with Gasteiger partial charge in [0.05, 0.1) is 26.2 Å². The number of fused-ring (bicyclic) bond motifs is 1. The standard InChI is InChI=1S/C18H24N2O3.C2HF3O2/c21-17(7-16-3-1-2-6-19-16)20-8-15-10-23-13-18(15,11-20)12-22-9-14-4-5-14;3-2(4,5)1(6)7/h1-3,6,14-15H,4-5,7-13H2;(H,6,7)/t15-,18-;/m1./s1. The molecule has 10 heteroatoms. The summed E-state index contributed by atoms with van der Waals surface area (Å²) in [6.07, 6.45) is -0.348. The van der Waals surface area contributed by atoms with Gasteiger partial charge in [-0.25, -0.2) is 4.79 Å². The van der Waals surface area contributed by atoms with Crippen LogP contribution in [0.1, 0.15) is 18.5 Å². The molecule has 0 bridgehead atoms. The summed E-state index contributed by atoms with van der Waals surface area (Å²) in [6, 6.07) is 5.71. The fraction of sp³-hybridized carbons (Fsp3) is 0.650. The van der Waals surface area contributed by atoms with Gasteiger partial charge in [-0.2, -0.15) is 13.2 Å². The summed E-state index contributed by atoms with van der Waals surface area (Å²) in [6.45, 7) is 4.61. The minimum absolute atomic E-state index is 0.00860. The highest BCUT2D eigenvalue weighted by Crippen LogP contribution is 2.42. The Balaban J connectivity index is 0.000000318. The van der Waals surface area contributed by atoms with Crippen molar-refractivity contribution in [3.63, 3.8) is 0 Å². The summed E-state index contributed by atoms with van der Waals surface area (Å²) in [5.41, 5.74) is 0.846. The maximum Gasteiger partial charge on any atom is 0.490 e. The van der Waals surface area contributed by atoms with Gasteiger partial charge in [0, 0.05) is 42.9 Å². The Kier molecular flexibility index (Phi) is 6.97. The number of aliphatic carboxylic acids is 1. The van der Waals surface area contributed by atoms with Gasteiger partial charge in [-0.05, 0) is 30.9 Å². The number of pyridine rings is 1. The topological polar surface area (TPSA) is 89.0 Å². The monoisotopic (exact) mass is 430 g/mol. The molecule has 2 atom stereocenters. The highest BCUT2D eigenvalue weighted by atomic mass is 19.4.